The van der Waals surface area contributed by atoms with Crippen molar-refractivity contribution in [1.82, 2.24) is 4.57 Å². The molecule has 0 bridgehead atoms. The molecule has 12 aromatic rings. The highest BCUT2D eigenvalue weighted by Crippen LogP contribution is 2.47. The Bertz CT molecular complexity index is 3620. The maximum Gasteiger partial charge on any atom is 0.0547 e. The minimum atomic E-state index is 1.09. The molecular formula is C60H40N2S. The van der Waals surface area contributed by atoms with Crippen LogP contribution in [0.15, 0.2) is 243 Å². The van der Waals surface area contributed by atoms with E-state index in [1.165, 1.54) is 80.9 Å². The van der Waals surface area contributed by atoms with Gasteiger partial charge in [-0.1, -0.05) is 182 Å². The second-order valence-electron chi connectivity index (χ2n) is 16.1. The van der Waals surface area contributed by atoms with E-state index in [2.05, 4.69) is 252 Å². The molecule has 0 atom stereocenters. The van der Waals surface area contributed by atoms with Crippen LogP contribution in [0, 0.1) is 0 Å². The van der Waals surface area contributed by atoms with Gasteiger partial charge in [0.1, 0.15) is 0 Å². The second kappa shape index (κ2) is 15.5. The van der Waals surface area contributed by atoms with Gasteiger partial charge in [-0.2, -0.15) is 0 Å². The highest BCUT2D eigenvalue weighted by molar-refractivity contribution is 7.25. The van der Waals surface area contributed by atoms with Gasteiger partial charge in [0, 0.05) is 53.6 Å². The number of hydrogen-bond donors (Lipinski definition) is 0. The van der Waals surface area contributed by atoms with Crippen LogP contribution in [0.4, 0.5) is 17.1 Å². The van der Waals surface area contributed by atoms with Gasteiger partial charge in [0.25, 0.3) is 0 Å². The van der Waals surface area contributed by atoms with Gasteiger partial charge in [-0.05, 0) is 99.6 Å². The number of hydrogen-bond acceptors (Lipinski definition) is 2. The zero-order valence-electron chi connectivity index (χ0n) is 34.4. The van der Waals surface area contributed by atoms with Crippen LogP contribution in [0.25, 0.3) is 92.2 Å². The van der Waals surface area contributed by atoms with E-state index in [0.717, 1.165) is 28.3 Å². The van der Waals surface area contributed by atoms with E-state index in [1.807, 2.05) is 11.3 Å². The summed E-state index contributed by atoms with van der Waals surface area (Å²) < 4.78 is 4.96. The second-order valence-corrected chi connectivity index (χ2v) is 17.1. The highest BCUT2D eigenvalue weighted by atomic mass is 32.1. The number of thiophene rings is 1. The molecule has 0 aliphatic rings. The summed E-state index contributed by atoms with van der Waals surface area (Å²) in [7, 11) is 0. The Morgan fingerprint density at radius 3 is 1.60 bits per heavy atom. The lowest BCUT2D eigenvalue weighted by atomic mass is 9.88. The summed E-state index contributed by atoms with van der Waals surface area (Å²) in [6.45, 7) is 0. The number of nitrogens with zero attached hydrogens (tertiary/aromatic N) is 2. The Morgan fingerprint density at radius 2 is 0.825 bits per heavy atom. The number of para-hydroxylation sites is 3. The van der Waals surface area contributed by atoms with Crippen molar-refractivity contribution < 1.29 is 0 Å². The molecule has 296 valence electrons. The fourth-order valence-electron chi connectivity index (χ4n) is 9.53. The minimum Gasteiger partial charge on any atom is -0.310 e. The van der Waals surface area contributed by atoms with E-state index in [1.54, 1.807) is 0 Å². The van der Waals surface area contributed by atoms with Crippen LogP contribution in [0.3, 0.4) is 0 Å². The Morgan fingerprint density at radius 1 is 0.302 bits per heavy atom. The lowest BCUT2D eigenvalue weighted by Gasteiger charge is -2.29. The first-order valence-electron chi connectivity index (χ1n) is 21.5. The molecule has 0 N–H and O–H groups in total. The molecule has 63 heavy (non-hydrogen) atoms. The third-order valence-corrected chi connectivity index (χ3v) is 13.6. The van der Waals surface area contributed by atoms with E-state index >= 15 is 0 Å². The van der Waals surface area contributed by atoms with Crippen molar-refractivity contribution in [2.75, 3.05) is 4.90 Å². The van der Waals surface area contributed by atoms with Gasteiger partial charge in [-0.3, -0.25) is 0 Å². The summed E-state index contributed by atoms with van der Waals surface area (Å²) in [5, 5.41) is 5.10. The lowest BCUT2D eigenvalue weighted by molar-refractivity contribution is 1.18. The average molecular weight is 821 g/mol. The fourth-order valence-corrected chi connectivity index (χ4v) is 10.7. The van der Waals surface area contributed by atoms with Crippen molar-refractivity contribution in [1.29, 1.82) is 0 Å². The molecule has 0 unspecified atom stereocenters. The van der Waals surface area contributed by atoms with Crippen LogP contribution in [0.5, 0.6) is 0 Å². The van der Waals surface area contributed by atoms with Crippen LogP contribution in [-0.2, 0) is 0 Å². The molecule has 12 rings (SSSR count). The van der Waals surface area contributed by atoms with E-state index in [0.29, 0.717) is 0 Å². The molecular weight excluding hydrogens is 781 g/mol. The zero-order valence-corrected chi connectivity index (χ0v) is 35.2. The van der Waals surface area contributed by atoms with Crippen molar-refractivity contribution in [3.63, 3.8) is 0 Å². The molecule has 0 aliphatic carbocycles. The number of benzene rings is 10. The molecule has 0 radical (unpaired) electrons. The van der Waals surface area contributed by atoms with Crippen LogP contribution >= 0.6 is 11.3 Å². The number of rotatable bonds is 8. The maximum absolute atomic E-state index is 2.44. The molecule has 3 heteroatoms. The maximum atomic E-state index is 2.44. The quantitative estimate of drug-likeness (QED) is 0.148. The molecule has 2 heterocycles. The molecule has 0 aliphatic heterocycles. The first-order chi connectivity index (χ1) is 31.3. The molecule has 0 amide bonds. The first-order valence-corrected chi connectivity index (χ1v) is 22.3. The Hall–Kier alpha value is -7.98. The summed E-state index contributed by atoms with van der Waals surface area (Å²) in [4.78, 5) is 2.44. The first kappa shape index (κ1) is 36.8. The predicted octanol–water partition coefficient (Wildman–Crippen LogP) is 17.3. The molecule has 0 spiro atoms. The largest absolute Gasteiger partial charge is 0.310 e. The van der Waals surface area contributed by atoms with Crippen LogP contribution in [-0.4, -0.2) is 4.57 Å². The van der Waals surface area contributed by atoms with Crippen LogP contribution in [0.1, 0.15) is 0 Å². The van der Waals surface area contributed by atoms with E-state index in [-0.39, 0.29) is 0 Å². The third kappa shape index (κ3) is 6.41. The van der Waals surface area contributed by atoms with Crippen molar-refractivity contribution in [2.24, 2.45) is 0 Å². The summed E-state index contributed by atoms with van der Waals surface area (Å²) >= 11 is 1.86. The average Bonchev–Trinajstić information content (AvgIpc) is 3.90. The molecule has 0 fully saturated rings. The standard InChI is InChI=1S/C60H40N2S/c1-3-17-42(18-4-1)47-21-7-8-22-48(47)49-23-9-10-24-50(49)51-25-11-14-28-56(51)61(46-36-38-55-54-27-13-16-30-59(54)63-60(55)40-46)45-34-31-41(32-35-45)43-33-37-53-52-26-12-15-29-57(52)62(58(53)39-43)44-19-5-2-6-20-44/h1-40H. The van der Waals surface area contributed by atoms with Gasteiger partial charge >= 0.3 is 0 Å². The van der Waals surface area contributed by atoms with Gasteiger partial charge in [-0.25, -0.2) is 0 Å². The number of fused-ring (bicyclic) bond motifs is 6. The molecule has 0 saturated heterocycles. The van der Waals surface area contributed by atoms with Crippen molar-refractivity contribution in [3.05, 3.63) is 243 Å². The molecule has 0 saturated carbocycles. The van der Waals surface area contributed by atoms with Gasteiger partial charge in [0.05, 0.1) is 16.7 Å². The topological polar surface area (TPSA) is 8.17 Å². The van der Waals surface area contributed by atoms with Crippen LogP contribution < -0.4 is 4.90 Å². The Kier molecular flexibility index (Phi) is 9.06. The van der Waals surface area contributed by atoms with Crippen molar-refractivity contribution >= 4 is 70.4 Å². The monoisotopic (exact) mass is 820 g/mol. The zero-order chi connectivity index (χ0) is 41.7. The highest BCUT2D eigenvalue weighted by Gasteiger charge is 2.21. The van der Waals surface area contributed by atoms with E-state index in [4.69, 9.17) is 0 Å². The molecule has 2 aromatic heterocycles. The summed E-state index contributed by atoms with van der Waals surface area (Å²) in [6, 6.07) is 88.4. The Balaban J connectivity index is 1.02. The normalized spacial score (nSPS) is 11.5. The molecule has 10 aromatic carbocycles. The predicted molar refractivity (Wildman–Crippen MR) is 270 cm³/mol. The summed E-state index contributed by atoms with van der Waals surface area (Å²) in [6.07, 6.45) is 0. The van der Waals surface area contributed by atoms with Crippen molar-refractivity contribution in [3.8, 4) is 50.2 Å². The van der Waals surface area contributed by atoms with Gasteiger partial charge < -0.3 is 9.47 Å². The summed E-state index contributed by atoms with van der Waals surface area (Å²) in [5.41, 5.74) is 16.4. The van der Waals surface area contributed by atoms with Crippen molar-refractivity contribution in [2.45, 2.75) is 0 Å². The van der Waals surface area contributed by atoms with E-state index in [9.17, 15) is 0 Å². The van der Waals surface area contributed by atoms with Gasteiger partial charge in [-0.15, -0.1) is 11.3 Å². The van der Waals surface area contributed by atoms with Gasteiger partial charge in [0.15, 0.2) is 0 Å². The number of aromatic nitrogens is 1. The van der Waals surface area contributed by atoms with E-state index < -0.39 is 0 Å². The smallest absolute Gasteiger partial charge is 0.0547 e. The van der Waals surface area contributed by atoms with Crippen LogP contribution in [0.2, 0.25) is 0 Å². The Labute approximate surface area is 370 Å². The third-order valence-electron chi connectivity index (χ3n) is 12.4. The molecule has 2 nitrogen and oxygen atoms in total. The SMILES string of the molecule is c1ccc(-c2ccccc2-c2ccccc2-c2ccccc2N(c2ccc(-c3ccc4c5ccccc5n(-c5ccccc5)c4c3)cc2)c2ccc3c(c2)sc2ccccc23)cc1. The van der Waals surface area contributed by atoms with Gasteiger partial charge in [0.2, 0.25) is 0 Å². The lowest BCUT2D eigenvalue weighted by Crippen LogP contribution is -2.11. The summed E-state index contributed by atoms with van der Waals surface area (Å²) in [5.74, 6) is 0. The number of anilines is 3. The fraction of sp³-hybridized carbons (Fsp3) is 0. The minimum absolute atomic E-state index is 1.09.